The zero-order valence-corrected chi connectivity index (χ0v) is 13.7. The summed E-state index contributed by atoms with van der Waals surface area (Å²) < 4.78 is 2.17. The Morgan fingerprint density at radius 2 is 2.14 bits per heavy atom. The highest BCUT2D eigenvalue weighted by Gasteiger charge is 2.23. The van der Waals surface area contributed by atoms with Crippen LogP contribution in [0.1, 0.15) is 62.7 Å². The van der Waals surface area contributed by atoms with E-state index in [9.17, 15) is 0 Å². The van der Waals surface area contributed by atoms with E-state index in [0.717, 1.165) is 17.2 Å². The third-order valence-electron chi connectivity index (χ3n) is 4.29. The third kappa shape index (κ3) is 3.52. The normalized spacial score (nSPS) is 17.2. The van der Waals surface area contributed by atoms with Crippen LogP contribution in [0.4, 0.5) is 0 Å². The van der Waals surface area contributed by atoms with E-state index in [2.05, 4.69) is 41.1 Å². The fourth-order valence-electron chi connectivity index (χ4n) is 2.94. The van der Waals surface area contributed by atoms with E-state index in [1.807, 2.05) is 11.6 Å². The van der Waals surface area contributed by atoms with Gasteiger partial charge >= 0.3 is 0 Å². The molecule has 1 aliphatic carbocycles. The molecule has 0 unspecified atom stereocenters. The highest BCUT2D eigenvalue weighted by Crippen LogP contribution is 2.27. The number of hydrogen-bond acceptors (Lipinski definition) is 4. The SMILES string of the molecule is CC(C)(NCc1ccn(C2CCCCC2)n1)c1nccs1. The van der Waals surface area contributed by atoms with E-state index in [0.29, 0.717) is 6.04 Å². The smallest absolute Gasteiger partial charge is 0.112 e. The van der Waals surface area contributed by atoms with Crippen molar-refractivity contribution in [2.45, 2.75) is 64.1 Å². The van der Waals surface area contributed by atoms with Crippen LogP contribution in [0.3, 0.4) is 0 Å². The van der Waals surface area contributed by atoms with Gasteiger partial charge in [0.25, 0.3) is 0 Å². The van der Waals surface area contributed by atoms with Gasteiger partial charge in [-0.1, -0.05) is 19.3 Å². The molecule has 1 aliphatic rings. The number of nitrogens with zero attached hydrogens (tertiary/aromatic N) is 3. The molecule has 1 fully saturated rings. The van der Waals surface area contributed by atoms with Crippen molar-refractivity contribution in [3.63, 3.8) is 0 Å². The van der Waals surface area contributed by atoms with Gasteiger partial charge in [0.15, 0.2) is 0 Å². The van der Waals surface area contributed by atoms with Crippen LogP contribution >= 0.6 is 11.3 Å². The fourth-order valence-corrected chi connectivity index (χ4v) is 3.68. The predicted octanol–water partition coefficient (Wildman–Crippen LogP) is 3.87. The maximum absolute atomic E-state index is 4.76. The first-order valence-corrected chi connectivity index (χ1v) is 8.72. The fraction of sp³-hybridized carbons (Fsp3) is 0.625. The van der Waals surface area contributed by atoms with Crippen LogP contribution in [0.2, 0.25) is 0 Å². The van der Waals surface area contributed by atoms with Crippen molar-refractivity contribution in [3.05, 3.63) is 34.5 Å². The van der Waals surface area contributed by atoms with E-state index in [-0.39, 0.29) is 5.54 Å². The van der Waals surface area contributed by atoms with E-state index in [4.69, 9.17) is 5.10 Å². The molecule has 0 saturated heterocycles. The number of hydrogen-bond donors (Lipinski definition) is 1. The van der Waals surface area contributed by atoms with E-state index in [1.165, 1.54) is 32.1 Å². The molecule has 1 N–H and O–H groups in total. The van der Waals surface area contributed by atoms with Crippen LogP contribution in [0, 0.1) is 0 Å². The summed E-state index contributed by atoms with van der Waals surface area (Å²) in [6, 6.07) is 2.75. The van der Waals surface area contributed by atoms with Crippen molar-refractivity contribution < 1.29 is 0 Å². The lowest BCUT2D eigenvalue weighted by Crippen LogP contribution is -2.36. The zero-order valence-electron chi connectivity index (χ0n) is 12.9. The van der Waals surface area contributed by atoms with Gasteiger partial charge in [-0.15, -0.1) is 11.3 Å². The Balaban J connectivity index is 1.59. The van der Waals surface area contributed by atoms with Crippen molar-refractivity contribution in [1.29, 1.82) is 0 Å². The van der Waals surface area contributed by atoms with E-state index >= 15 is 0 Å². The van der Waals surface area contributed by atoms with Gasteiger partial charge in [-0.25, -0.2) is 4.98 Å². The second-order valence-corrected chi connectivity index (χ2v) is 7.29. The standard InChI is InChI=1S/C16H24N4S/c1-16(2,15-17-9-11-21-15)18-12-13-8-10-20(19-13)14-6-4-3-5-7-14/h8-11,14,18H,3-7,12H2,1-2H3. The lowest BCUT2D eigenvalue weighted by molar-refractivity contribution is 0.326. The Hall–Kier alpha value is -1.20. The molecule has 0 aromatic carbocycles. The first kappa shape index (κ1) is 14.7. The van der Waals surface area contributed by atoms with Gasteiger partial charge in [0.1, 0.15) is 5.01 Å². The Morgan fingerprint density at radius 3 is 2.86 bits per heavy atom. The van der Waals surface area contributed by atoms with E-state index < -0.39 is 0 Å². The van der Waals surface area contributed by atoms with Crippen molar-refractivity contribution >= 4 is 11.3 Å². The summed E-state index contributed by atoms with van der Waals surface area (Å²) in [5, 5.41) is 11.5. The highest BCUT2D eigenvalue weighted by molar-refractivity contribution is 7.09. The molecule has 5 heteroatoms. The third-order valence-corrected chi connectivity index (χ3v) is 5.39. The Bertz CT molecular complexity index is 553. The van der Waals surface area contributed by atoms with Crippen molar-refractivity contribution in [3.8, 4) is 0 Å². The topological polar surface area (TPSA) is 42.7 Å². The molecular formula is C16H24N4S. The molecule has 3 rings (SSSR count). The monoisotopic (exact) mass is 304 g/mol. The van der Waals surface area contributed by atoms with Crippen molar-refractivity contribution in [2.24, 2.45) is 0 Å². The minimum atomic E-state index is -0.108. The number of thiazole rings is 1. The summed E-state index contributed by atoms with van der Waals surface area (Å²) in [5.41, 5.74) is 1.01. The van der Waals surface area contributed by atoms with Crippen LogP contribution in [-0.4, -0.2) is 14.8 Å². The summed E-state index contributed by atoms with van der Waals surface area (Å²) >= 11 is 1.69. The molecule has 0 spiro atoms. The quantitative estimate of drug-likeness (QED) is 0.912. The first-order chi connectivity index (χ1) is 10.1. The lowest BCUT2D eigenvalue weighted by Gasteiger charge is -2.23. The van der Waals surface area contributed by atoms with Gasteiger partial charge in [-0.3, -0.25) is 4.68 Å². The average molecular weight is 304 g/mol. The summed E-state index contributed by atoms with van der Waals surface area (Å²) in [4.78, 5) is 4.41. The Morgan fingerprint density at radius 1 is 1.33 bits per heavy atom. The molecule has 114 valence electrons. The molecule has 0 amide bonds. The molecule has 0 radical (unpaired) electrons. The van der Waals surface area contributed by atoms with Crippen LogP contribution < -0.4 is 5.32 Å². The molecule has 0 bridgehead atoms. The van der Waals surface area contributed by atoms with Gasteiger partial charge in [-0.05, 0) is 32.8 Å². The minimum absolute atomic E-state index is 0.108. The van der Waals surface area contributed by atoms with Gasteiger partial charge in [0.05, 0.1) is 17.3 Å². The van der Waals surface area contributed by atoms with Crippen LogP contribution in [-0.2, 0) is 12.1 Å². The van der Waals surface area contributed by atoms with Crippen LogP contribution in [0.5, 0.6) is 0 Å². The largest absolute Gasteiger partial charge is 0.300 e. The molecule has 4 nitrogen and oxygen atoms in total. The van der Waals surface area contributed by atoms with Crippen LogP contribution in [0.15, 0.2) is 23.8 Å². The summed E-state index contributed by atoms with van der Waals surface area (Å²) in [7, 11) is 0. The van der Waals surface area contributed by atoms with Gasteiger partial charge in [0, 0.05) is 24.3 Å². The molecule has 2 heterocycles. The lowest BCUT2D eigenvalue weighted by atomic mass is 9.96. The molecular weight excluding hydrogens is 280 g/mol. The second kappa shape index (κ2) is 6.28. The summed E-state index contributed by atoms with van der Waals surface area (Å²) in [5.74, 6) is 0. The number of rotatable bonds is 5. The molecule has 0 atom stereocenters. The molecule has 1 saturated carbocycles. The average Bonchev–Trinajstić information content (AvgIpc) is 3.18. The summed E-state index contributed by atoms with van der Waals surface area (Å²) in [6.07, 6.45) is 10.6. The minimum Gasteiger partial charge on any atom is -0.300 e. The highest BCUT2D eigenvalue weighted by atomic mass is 32.1. The maximum Gasteiger partial charge on any atom is 0.112 e. The number of aromatic nitrogens is 3. The predicted molar refractivity (Wildman–Crippen MR) is 86.3 cm³/mol. The zero-order chi connectivity index (χ0) is 14.7. The van der Waals surface area contributed by atoms with Crippen LogP contribution in [0.25, 0.3) is 0 Å². The molecule has 21 heavy (non-hydrogen) atoms. The second-order valence-electron chi connectivity index (χ2n) is 6.39. The molecule has 0 aliphatic heterocycles. The van der Waals surface area contributed by atoms with Gasteiger partial charge < -0.3 is 5.32 Å². The molecule has 2 aromatic rings. The number of nitrogens with one attached hydrogen (secondary N) is 1. The maximum atomic E-state index is 4.76. The van der Waals surface area contributed by atoms with Gasteiger partial charge in [-0.2, -0.15) is 5.10 Å². The Kier molecular flexibility index (Phi) is 4.40. The summed E-state index contributed by atoms with van der Waals surface area (Å²) in [6.45, 7) is 5.13. The van der Waals surface area contributed by atoms with E-state index in [1.54, 1.807) is 11.3 Å². The first-order valence-electron chi connectivity index (χ1n) is 7.84. The molecule has 2 aromatic heterocycles. The van der Waals surface area contributed by atoms with Gasteiger partial charge in [0.2, 0.25) is 0 Å². The van der Waals surface area contributed by atoms with Crippen molar-refractivity contribution in [1.82, 2.24) is 20.1 Å². The Labute approximate surface area is 130 Å². The van der Waals surface area contributed by atoms with Crippen molar-refractivity contribution in [2.75, 3.05) is 0 Å².